The Balaban J connectivity index is 1.96. The van der Waals surface area contributed by atoms with E-state index in [1.54, 1.807) is 4.90 Å². The summed E-state index contributed by atoms with van der Waals surface area (Å²) in [5.74, 6) is -0.0405. The van der Waals surface area contributed by atoms with E-state index in [9.17, 15) is 13.2 Å². The Bertz CT molecular complexity index is 437. The number of rotatable bonds is 2. The zero-order chi connectivity index (χ0) is 14.1. The molecule has 1 saturated heterocycles. The molecule has 0 aromatic heterocycles. The highest BCUT2D eigenvalue weighted by atomic mass is 32.2. The SMILES string of the molecule is NC1(C(=O)N2CCN(S(N)(=O)=O)CC2)CCCCC1. The van der Waals surface area contributed by atoms with Gasteiger partial charge in [-0.05, 0) is 12.8 Å². The zero-order valence-corrected chi connectivity index (χ0v) is 11.9. The molecule has 0 aromatic rings. The van der Waals surface area contributed by atoms with Crippen molar-refractivity contribution in [2.24, 2.45) is 10.9 Å². The van der Waals surface area contributed by atoms with Crippen LogP contribution in [0.15, 0.2) is 0 Å². The minimum atomic E-state index is -3.65. The number of nitrogens with two attached hydrogens (primary N) is 2. The Morgan fingerprint density at radius 2 is 1.53 bits per heavy atom. The van der Waals surface area contributed by atoms with Gasteiger partial charge in [0.2, 0.25) is 5.91 Å². The fourth-order valence-electron chi connectivity index (χ4n) is 2.86. The monoisotopic (exact) mass is 290 g/mol. The minimum absolute atomic E-state index is 0.0405. The Morgan fingerprint density at radius 1 is 1.00 bits per heavy atom. The Labute approximate surface area is 114 Å². The summed E-state index contributed by atoms with van der Waals surface area (Å²) in [5.41, 5.74) is 5.46. The lowest BCUT2D eigenvalue weighted by Crippen LogP contribution is -2.61. The highest BCUT2D eigenvalue weighted by Crippen LogP contribution is 2.28. The molecule has 0 aromatic carbocycles. The van der Waals surface area contributed by atoms with Gasteiger partial charge in [-0.25, -0.2) is 5.14 Å². The van der Waals surface area contributed by atoms with Crippen LogP contribution in [0.25, 0.3) is 0 Å². The first-order chi connectivity index (χ1) is 8.83. The molecule has 1 aliphatic heterocycles. The normalized spacial score (nSPS) is 25.3. The van der Waals surface area contributed by atoms with Crippen LogP contribution in [0.5, 0.6) is 0 Å². The maximum absolute atomic E-state index is 12.4. The quantitative estimate of drug-likeness (QED) is 0.679. The van der Waals surface area contributed by atoms with Crippen molar-refractivity contribution in [3.05, 3.63) is 0 Å². The van der Waals surface area contributed by atoms with Gasteiger partial charge in [0.05, 0.1) is 5.54 Å². The summed E-state index contributed by atoms with van der Waals surface area (Å²) in [4.78, 5) is 14.1. The molecule has 4 N–H and O–H groups in total. The van der Waals surface area contributed by atoms with E-state index in [1.807, 2.05) is 0 Å². The van der Waals surface area contributed by atoms with Gasteiger partial charge in [-0.15, -0.1) is 0 Å². The van der Waals surface area contributed by atoms with Crippen molar-refractivity contribution in [2.75, 3.05) is 26.2 Å². The van der Waals surface area contributed by atoms with Crippen LogP contribution < -0.4 is 10.9 Å². The zero-order valence-electron chi connectivity index (χ0n) is 11.0. The number of hydrogen-bond donors (Lipinski definition) is 2. The number of hydrogen-bond acceptors (Lipinski definition) is 4. The summed E-state index contributed by atoms with van der Waals surface area (Å²) in [5, 5.41) is 5.07. The molecule has 0 radical (unpaired) electrons. The van der Waals surface area contributed by atoms with Gasteiger partial charge in [-0.2, -0.15) is 12.7 Å². The molecule has 7 nitrogen and oxygen atoms in total. The maximum atomic E-state index is 12.4. The first-order valence-electron chi connectivity index (χ1n) is 6.69. The minimum Gasteiger partial charge on any atom is -0.338 e. The predicted molar refractivity (Wildman–Crippen MR) is 71.3 cm³/mol. The first-order valence-corrected chi connectivity index (χ1v) is 8.19. The fourth-order valence-corrected chi connectivity index (χ4v) is 3.53. The highest BCUT2D eigenvalue weighted by molar-refractivity contribution is 7.86. The van der Waals surface area contributed by atoms with Gasteiger partial charge in [0.25, 0.3) is 10.2 Å². The molecule has 2 aliphatic rings. The van der Waals surface area contributed by atoms with E-state index < -0.39 is 15.7 Å². The lowest BCUT2D eigenvalue weighted by molar-refractivity contribution is -0.139. The summed E-state index contributed by atoms with van der Waals surface area (Å²) in [6.07, 6.45) is 4.55. The molecule has 110 valence electrons. The molecule has 0 spiro atoms. The van der Waals surface area contributed by atoms with Crippen LogP contribution >= 0.6 is 0 Å². The molecular formula is C11H22N4O3S. The second kappa shape index (κ2) is 5.35. The van der Waals surface area contributed by atoms with Gasteiger partial charge in [-0.1, -0.05) is 19.3 Å². The predicted octanol–water partition coefficient (Wildman–Crippen LogP) is -1.00. The van der Waals surface area contributed by atoms with E-state index in [-0.39, 0.29) is 19.0 Å². The third kappa shape index (κ3) is 3.25. The largest absolute Gasteiger partial charge is 0.338 e. The van der Waals surface area contributed by atoms with Gasteiger partial charge < -0.3 is 10.6 Å². The van der Waals surface area contributed by atoms with Crippen LogP contribution in [-0.4, -0.2) is 55.2 Å². The summed E-state index contributed by atoms with van der Waals surface area (Å²) in [6.45, 7) is 1.24. The second-order valence-electron chi connectivity index (χ2n) is 5.45. The number of carbonyl (C=O) groups excluding carboxylic acids is 1. The first kappa shape index (κ1) is 14.7. The van der Waals surface area contributed by atoms with Crippen LogP contribution in [0.2, 0.25) is 0 Å². The summed E-state index contributed by atoms with van der Waals surface area (Å²) < 4.78 is 23.6. The van der Waals surface area contributed by atoms with Crippen LogP contribution in [0.3, 0.4) is 0 Å². The molecule has 2 rings (SSSR count). The maximum Gasteiger partial charge on any atom is 0.277 e. The van der Waals surface area contributed by atoms with Crippen molar-refractivity contribution in [1.82, 2.24) is 9.21 Å². The number of piperazine rings is 1. The molecular weight excluding hydrogens is 268 g/mol. The molecule has 0 unspecified atom stereocenters. The lowest BCUT2D eigenvalue weighted by atomic mass is 9.81. The van der Waals surface area contributed by atoms with E-state index in [4.69, 9.17) is 10.9 Å². The van der Waals surface area contributed by atoms with E-state index in [1.165, 1.54) is 4.31 Å². The van der Waals surface area contributed by atoms with Crippen molar-refractivity contribution in [2.45, 2.75) is 37.6 Å². The lowest BCUT2D eigenvalue weighted by Gasteiger charge is -2.40. The number of amides is 1. The average Bonchev–Trinajstić information content (AvgIpc) is 2.38. The number of carbonyl (C=O) groups is 1. The molecule has 1 saturated carbocycles. The van der Waals surface area contributed by atoms with Crippen molar-refractivity contribution >= 4 is 16.1 Å². The van der Waals surface area contributed by atoms with Gasteiger partial charge in [0.15, 0.2) is 0 Å². The standard InChI is InChI=1S/C11H22N4O3S/c12-11(4-2-1-3-5-11)10(16)14-6-8-15(9-7-14)19(13,17)18/h1-9,12H2,(H2,13,17,18). The number of nitrogens with zero attached hydrogens (tertiary/aromatic N) is 2. The highest BCUT2D eigenvalue weighted by Gasteiger charge is 2.39. The van der Waals surface area contributed by atoms with E-state index in [2.05, 4.69) is 0 Å². The molecule has 2 fully saturated rings. The van der Waals surface area contributed by atoms with Crippen molar-refractivity contribution < 1.29 is 13.2 Å². The molecule has 1 heterocycles. The van der Waals surface area contributed by atoms with Crippen LogP contribution in [-0.2, 0) is 15.0 Å². The van der Waals surface area contributed by atoms with Gasteiger partial charge in [0.1, 0.15) is 0 Å². The van der Waals surface area contributed by atoms with Crippen LogP contribution in [0.4, 0.5) is 0 Å². The fraction of sp³-hybridized carbons (Fsp3) is 0.909. The summed E-state index contributed by atoms with van der Waals surface area (Å²) >= 11 is 0. The van der Waals surface area contributed by atoms with Crippen molar-refractivity contribution in [1.29, 1.82) is 0 Å². The van der Waals surface area contributed by atoms with Gasteiger partial charge >= 0.3 is 0 Å². The molecule has 8 heteroatoms. The van der Waals surface area contributed by atoms with Crippen LogP contribution in [0, 0.1) is 0 Å². The molecule has 0 atom stereocenters. The van der Waals surface area contributed by atoms with Gasteiger partial charge in [-0.3, -0.25) is 4.79 Å². The van der Waals surface area contributed by atoms with Crippen molar-refractivity contribution in [3.8, 4) is 0 Å². The van der Waals surface area contributed by atoms with E-state index >= 15 is 0 Å². The Hall–Kier alpha value is -0.700. The topological polar surface area (TPSA) is 110 Å². The molecule has 1 amide bonds. The van der Waals surface area contributed by atoms with Crippen LogP contribution in [0.1, 0.15) is 32.1 Å². The van der Waals surface area contributed by atoms with Crippen molar-refractivity contribution in [3.63, 3.8) is 0 Å². The summed E-state index contributed by atoms with van der Waals surface area (Å²) in [6, 6.07) is 0. The molecule has 1 aliphatic carbocycles. The third-order valence-corrected chi connectivity index (χ3v) is 5.14. The molecule has 0 bridgehead atoms. The third-order valence-electron chi connectivity index (χ3n) is 4.06. The Kier molecular flexibility index (Phi) is 4.14. The Morgan fingerprint density at radius 3 is 2.00 bits per heavy atom. The molecule has 19 heavy (non-hydrogen) atoms. The average molecular weight is 290 g/mol. The second-order valence-corrected chi connectivity index (χ2v) is 7.00. The smallest absolute Gasteiger partial charge is 0.277 e. The van der Waals surface area contributed by atoms with Gasteiger partial charge in [0, 0.05) is 26.2 Å². The summed E-state index contributed by atoms with van der Waals surface area (Å²) in [7, 11) is -3.65. The van der Waals surface area contributed by atoms with E-state index in [0.717, 1.165) is 32.1 Å². The van der Waals surface area contributed by atoms with E-state index in [0.29, 0.717) is 13.1 Å².